The van der Waals surface area contributed by atoms with Crippen LogP contribution < -0.4 is 0 Å². The molecule has 0 spiro atoms. The first kappa shape index (κ1) is 16.7. The van der Waals surface area contributed by atoms with Gasteiger partial charge in [0, 0.05) is 10.9 Å². The Morgan fingerprint density at radius 1 is 1.21 bits per heavy atom. The van der Waals surface area contributed by atoms with Crippen LogP contribution >= 0.6 is 15.9 Å². The highest BCUT2D eigenvalue weighted by atomic mass is 79.9. The number of nitrogens with zero attached hydrogens (tertiary/aromatic N) is 1. The van der Waals surface area contributed by atoms with Crippen molar-refractivity contribution in [1.29, 1.82) is 0 Å². The van der Waals surface area contributed by atoms with Gasteiger partial charge >= 0.3 is 6.09 Å². The van der Waals surface area contributed by atoms with Crippen LogP contribution in [0.2, 0.25) is 0 Å². The second-order valence-electron chi connectivity index (χ2n) is 5.92. The topological polar surface area (TPSA) is 46.6 Å². The number of benzene rings is 2. The van der Waals surface area contributed by atoms with Gasteiger partial charge in [-0.2, -0.15) is 0 Å². The molecule has 2 amide bonds. The van der Waals surface area contributed by atoms with Gasteiger partial charge in [0.05, 0.1) is 12.5 Å². The third-order valence-electron chi connectivity index (χ3n) is 4.19. The van der Waals surface area contributed by atoms with Crippen molar-refractivity contribution in [1.82, 2.24) is 4.90 Å². The Labute approximate surface area is 149 Å². The minimum atomic E-state index is -0.551. The van der Waals surface area contributed by atoms with Gasteiger partial charge < -0.3 is 4.74 Å². The summed E-state index contributed by atoms with van der Waals surface area (Å²) < 4.78 is 6.32. The maximum Gasteiger partial charge on any atom is 0.417 e. The van der Waals surface area contributed by atoms with Crippen LogP contribution in [0.3, 0.4) is 0 Å². The van der Waals surface area contributed by atoms with Crippen LogP contribution in [0.15, 0.2) is 59.1 Å². The van der Waals surface area contributed by atoms with Crippen LogP contribution in [-0.4, -0.2) is 29.5 Å². The summed E-state index contributed by atoms with van der Waals surface area (Å²) in [5, 5.41) is 0. The minimum Gasteiger partial charge on any atom is -0.444 e. The zero-order valence-electron chi connectivity index (χ0n) is 13.3. The fourth-order valence-corrected chi connectivity index (χ4v) is 3.08. The summed E-state index contributed by atoms with van der Waals surface area (Å²) >= 11 is 3.38. The van der Waals surface area contributed by atoms with Gasteiger partial charge in [0.1, 0.15) is 6.10 Å². The predicted octanol–water partition coefficient (Wildman–Crippen LogP) is 4.14. The average Bonchev–Trinajstić information content (AvgIpc) is 2.95. The fourth-order valence-electron chi connectivity index (χ4n) is 2.81. The van der Waals surface area contributed by atoms with Crippen LogP contribution in [0.25, 0.3) is 0 Å². The molecule has 0 N–H and O–H groups in total. The molecule has 2 atom stereocenters. The van der Waals surface area contributed by atoms with E-state index >= 15 is 0 Å². The molecule has 1 fully saturated rings. The summed E-state index contributed by atoms with van der Waals surface area (Å²) in [5.74, 6) is -0.612. The molecule has 1 aliphatic heterocycles. The number of carbonyl (C=O) groups excluding carboxylic acids is 2. The molecule has 5 heteroatoms. The molecule has 0 saturated carbocycles. The van der Waals surface area contributed by atoms with Crippen molar-refractivity contribution in [2.24, 2.45) is 0 Å². The SMILES string of the molecule is CC(C(=O)N1CC(Cc2ccccc2)OC1=O)c1ccc(Br)cc1. The summed E-state index contributed by atoms with van der Waals surface area (Å²) in [4.78, 5) is 26.0. The largest absolute Gasteiger partial charge is 0.444 e. The Bertz CT molecular complexity index is 730. The number of rotatable bonds is 4. The van der Waals surface area contributed by atoms with Crippen molar-refractivity contribution in [3.8, 4) is 0 Å². The van der Waals surface area contributed by atoms with Crippen molar-refractivity contribution < 1.29 is 14.3 Å². The lowest BCUT2D eigenvalue weighted by molar-refractivity contribution is -0.129. The Morgan fingerprint density at radius 2 is 1.88 bits per heavy atom. The van der Waals surface area contributed by atoms with Gasteiger partial charge in [-0.25, -0.2) is 9.69 Å². The quantitative estimate of drug-likeness (QED) is 0.791. The molecule has 1 heterocycles. The molecule has 0 radical (unpaired) electrons. The lowest BCUT2D eigenvalue weighted by Gasteiger charge is -2.17. The molecular weight excluding hydrogens is 370 g/mol. The second kappa shape index (κ2) is 7.18. The number of carbonyl (C=O) groups is 2. The highest BCUT2D eigenvalue weighted by Crippen LogP contribution is 2.24. The maximum absolute atomic E-state index is 12.7. The minimum absolute atomic E-state index is 0.224. The molecule has 0 aromatic heterocycles. The van der Waals surface area contributed by atoms with Crippen molar-refractivity contribution in [3.63, 3.8) is 0 Å². The molecule has 24 heavy (non-hydrogen) atoms. The lowest BCUT2D eigenvalue weighted by Crippen LogP contribution is -2.35. The van der Waals surface area contributed by atoms with E-state index in [4.69, 9.17) is 4.74 Å². The van der Waals surface area contributed by atoms with Crippen molar-refractivity contribution in [2.75, 3.05) is 6.54 Å². The van der Waals surface area contributed by atoms with Crippen LogP contribution in [-0.2, 0) is 16.0 Å². The number of cyclic esters (lactones) is 1. The molecular formula is C19H18BrNO3. The van der Waals surface area contributed by atoms with E-state index in [2.05, 4.69) is 15.9 Å². The Kier molecular flexibility index (Phi) is 5.00. The van der Waals surface area contributed by atoms with Gasteiger partial charge in [-0.15, -0.1) is 0 Å². The maximum atomic E-state index is 12.7. The van der Waals surface area contributed by atoms with Gasteiger partial charge in [0.25, 0.3) is 0 Å². The molecule has 1 aliphatic rings. The number of imide groups is 1. The highest BCUT2D eigenvalue weighted by molar-refractivity contribution is 9.10. The van der Waals surface area contributed by atoms with Crippen LogP contribution in [0.5, 0.6) is 0 Å². The molecule has 0 aliphatic carbocycles. The smallest absolute Gasteiger partial charge is 0.417 e. The third-order valence-corrected chi connectivity index (χ3v) is 4.72. The Hall–Kier alpha value is -2.14. The number of amides is 2. The van der Waals surface area contributed by atoms with Crippen molar-refractivity contribution >= 4 is 27.9 Å². The standard InChI is InChI=1S/C19H18BrNO3/c1-13(15-7-9-16(20)10-8-15)18(22)21-12-17(24-19(21)23)11-14-5-3-2-4-6-14/h2-10,13,17H,11-12H2,1H3. The van der Waals surface area contributed by atoms with E-state index in [9.17, 15) is 9.59 Å². The van der Waals surface area contributed by atoms with Gasteiger partial charge in [0.2, 0.25) is 5.91 Å². The lowest BCUT2D eigenvalue weighted by atomic mass is 10.00. The molecule has 1 saturated heterocycles. The van der Waals surface area contributed by atoms with Gasteiger partial charge in [-0.1, -0.05) is 58.4 Å². The molecule has 124 valence electrons. The first-order valence-electron chi connectivity index (χ1n) is 7.86. The summed E-state index contributed by atoms with van der Waals surface area (Å²) in [5.41, 5.74) is 1.97. The third kappa shape index (κ3) is 3.67. The Morgan fingerprint density at radius 3 is 2.54 bits per heavy atom. The normalized spacial score (nSPS) is 18.3. The monoisotopic (exact) mass is 387 g/mol. The fraction of sp³-hybridized carbons (Fsp3) is 0.263. The zero-order chi connectivity index (χ0) is 17.1. The van der Waals surface area contributed by atoms with E-state index in [1.54, 1.807) is 0 Å². The van der Waals surface area contributed by atoms with Crippen LogP contribution in [0, 0.1) is 0 Å². The van der Waals surface area contributed by atoms with Crippen LogP contribution in [0.4, 0.5) is 4.79 Å². The molecule has 2 aromatic carbocycles. The van der Waals surface area contributed by atoms with E-state index < -0.39 is 6.09 Å². The number of ether oxygens (including phenoxy) is 1. The van der Waals surface area contributed by atoms with Crippen LogP contribution in [0.1, 0.15) is 24.0 Å². The van der Waals surface area contributed by atoms with Gasteiger partial charge in [-0.3, -0.25) is 4.79 Å². The molecule has 3 rings (SSSR count). The molecule has 2 aromatic rings. The number of hydrogen-bond donors (Lipinski definition) is 0. The first-order chi connectivity index (χ1) is 11.5. The van der Waals surface area contributed by atoms with Crippen molar-refractivity contribution in [3.05, 3.63) is 70.2 Å². The van der Waals surface area contributed by atoms with E-state index in [0.717, 1.165) is 15.6 Å². The Balaban J connectivity index is 1.67. The first-order valence-corrected chi connectivity index (χ1v) is 8.65. The van der Waals surface area contributed by atoms with Gasteiger partial charge in [-0.05, 0) is 30.2 Å². The van der Waals surface area contributed by atoms with E-state index in [1.807, 2.05) is 61.5 Å². The highest BCUT2D eigenvalue weighted by Gasteiger charge is 2.37. The van der Waals surface area contributed by atoms with Gasteiger partial charge in [0.15, 0.2) is 0 Å². The van der Waals surface area contributed by atoms with E-state index in [-0.39, 0.29) is 17.9 Å². The summed E-state index contributed by atoms with van der Waals surface area (Å²) in [7, 11) is 0. The number of hydrogen-bond acceptors (Lipinski definition) is 3. The van der Waals surface area contributed by atoms with E-state index in [0.29, 0.717) is 13.0 Å². The van der Waals surface area contributed by atoms with Crippen molar-refractivity contribution in [2.45, 2.75) is 25.4 Å². The van der Waals surface area contributed by atoms with E-state index in [1.165, 1.54) is 4.90 Å². The predicted molar refractivity (Wildman–Crippen MR) is 94.7 cm³/mol. The summed E-state index contributed by atoms with van der Waals surface area (Å²) in [6.45, 7) is 2.11. The summed E-state index contributed by atoms with van der Waals surface area (Å²) in [6, 6.07) is 17.4. The average molecular weight is 388 g/mol. The molecule has 0 bridgehead atoms. The number of halogens is 1. The molecule has 2 unspecified atom stereocenters. The second-order valence-corrected chi connectivity index (χ2v) is 6.83. The summed E-state index contributed by atoms with van der Waals surface area (Å²) in [6.07, 6.45) is -0.228. The zero-order valence-corrected chi connectivity index (χ0v) is 14.9. The molecule has 4 nitrogen and oxygen atoms in total.